The Labute approximate surface area is 96.6 Å². The molecule has 0 rings (SSSR count). The van der Waals surface area contributed by atoms with Gasteiger partial charge in [-0.2, -0.15) is 0 Å². The standard InChI is InChI=1S/C14H29N/c1-7-8-9-14(6)10-11-15(12(2)3)13(4)5/h12-13H,6-11H2,1-5H3. The maximum absolute atomic E-state index is 4.16. The molecule has 1 heteroatoms. The predicted molar refractivity (Wildman–Crippen MR) is 70.3 cm³/mol. The minimum absolute atomic E-state index is 0.643. The zero-order valence-electron chi connectivity index (χ0n) is 11.3. The van der Waals surface area contributed by atoms with Crippen LogP contribution >= 0.6 is 0 Å². The minimum atomic E-state index is 0.643. The molecule has 1 nitrogen and oxygen atoms in total. The van der Waals surface area contributed by atoms with Crippen molar-refractivity contribution in [2.75, 3.05) is 6.54 Å². The summed E-state index contributed by atoms with van der Waals surface area (Å²) in [6.07, 6.45) is 4.94. The van der Waals surface area contributed by atoms with Gasteiger partial charge < -0.3 is 0 Å². The Morgan fingerprint density at radius 2 is 1.60 bits per heavy atom. The zero-order chi connectivity index (χ0) is 11.8. The summed E-state index contributed by atoms with van der Waals surface area (Å²) >= 11 is 0. The highest BCUT2D eigenvalue weighted by atomic mass is 15.2. The molecule has 0 aliphatic carbocycles. The van der Waals surface area contributed by atoms with Gasteiger partial charge in [0.15, 0.2) is 0 Å². The number of rotatable bonds is 8. The van der Waals surface area contributed by atoms with Gasteiger partial charge in [0, 0.05) is 18.6 Å². The summed E-state index contributed by atoms with van der Waals surface area (Å²) in [6, 6.07) is 1.29. The second-order valence-corrected chi connectivity index (χ2v) is 5.03. The van der Waals surface area contributed by atoms with Crippen molar-refractivity contribution in [3.63, 3.8) is 0 Å². The Hall–Kier alpha value is -0.300. The van der Waals surface area contributed by atoms with Crippen LogP contribution in [0.3, 0.4) is 0 Å². The molecular formula is C14H29N. The number of hydrogen-bond donors (Lipinski definition) is 0. The average molecular weight is 211 g/mol. The number of unbranched alkanes of at least 4 members (excludes halogenated alkanes) is 1. The molecule has 0 aromatic heterocycles. The second kappa shape index (κ2) is 7.92. The van der Waals surface area contributed by atoms with Gasteiger partial charge in [-0.25, -0.2) is 0 Å². The fourth-order valence-electron chi connectivity index (χ4n) is 1.95. The summed E-state index contributed by atoms with van der Waals surface area (Å²) in [7, 11) is 0. The molecule has 0 aliphatic heterocycles. The van der Waals surface area contributed by atoms with Crippen LogP contribution in [-0.2, 0) is 0 Å². The fraction of sp³-hybridized carbons (Fsp3) is 0.857. The lowest BCUT2D eigenvalue weighted by atomic mass is 10.1. The van der Waals surface area contributed by atoms with Gasteiger partial charge in [0.25, 0.3) is 0 Å². The quantitative estimate of drug-likeness (QED) is 0.543. The molecule has 15 heavy (non-hydrogen) atoms. The first-order valence-corrected chi connectivity index (χ1v) is 6.41. The van der Waals surface area contributed by atoms with E-state index in [2.05, 4.69) is 46.1 Å². The van der Waals surface area contributed by atoms with E-state index in [-0.39, 0.29) is 0 Å². The van der Waals surface area contributed by atoms with Crippen molar-refractivity contribution in [3.05, 3.63) is 12.2 Å². The van der Waals surface area contributed by atoms with Gasteiger partial charge >= 0.3 is 0 Å². The third-order valence-electron chi connectivity index (χ3n) is 2.93. The monoisotopic (exact) mass is 211 g/mol. The summed E-state index contributed by atoms with van der Waals surface area (Å²) < 4.78 is 0. The van der Waals surface area contributed by atoms with E-state index in [0.717, 1.165) is 13.0 Å². The van der Waals surface area contributed by atoms with Gasteiger partial charge in [-0.3, -0.25) is 4.90 Å². The van der Waals surface area contributed by atoms with Crippen molar-refractivity contribution in [3.8, 4) is 0 Å². The maximum Gasteiger partial charge on any atom is 0.00414 e. The molecule has 0 fully saturated rings. The molecule has 0 unspecified atom stereocenters. The Bertz CT molecular complexity index is 162. The van der Waals surface area contributed by atoms with Crippen LogP contribution in [0.25, 0.3) is 0 Å². The topological polar surface area (TPSA) is 3.24 Å². The Kier molecular flexibility index (Phi) is 7.76. The summed E-state index contributed by atoms with van der Waals surface area (Å²) in [5.74, 6) is 0. The highest BCUT2D eigenvalue weighted by Gasteiger charge is 2.12. The van der Waals surface area contributed by atoms with Crippen LogP contribution in [0.5, 0.6) is 0 Å². The van der Waals surface area contributed by atoms with Crippen molar-refractivity contribution in [2.45, 2.75) is 72.4 Å². The lowest BCUT2D eigenvalue weighted by Crippen LogP contribution is -2.37. The Balaban J connectivity index is 3.84. The van der Waals surface area contributed by atoms with Gasteiger partial charge in [0.1, 0.15) is 0 Å². The SMILES string of the molecule is C=C(CCCC)CCN(C(C)C)C(C)C. The van der Waals surface area contributed by atoms with E-state index in [4.69, 9.17) is 0 Å². The molecule has 0 aromatic carbocycles. The van der Waals surface area contributed by atoms with E-state index in [1.165, 1.54) is 24.8 Å². The molecule has 0 aromatic rings. The zero-order valence-corrected chi connectivity index (χ0v) is 11.3. The molecule has 0 saturated carbocycles. The molecular weight excluding hydrogens is 182 g/mol. The van der Waals surface area contributed by atoms with Crippen LogP contribution in [0.2, 0.25) is 0 Å². The van der Waals surface area contributed by atoms with Crippen molar-refractivity contribution < 1.29 is 0 Å². The third kappa shape index (κ3) is 6.72. The van der Waals surface area contributed by atoms with E-state index in [1.54, 1.807) is 0 Å². The molecule has 0 bridgehead atoms. The molecule has 0 amide bonds. The van der Waals surface area contributed by atoms with Gasteiger partial charge in [-0.05, 0) is 47.0 Å². The van der Waals surface area contributed by atoms with Crippen molar-refractivity contribution in [2.24, 2.45) is 0 Å². The van der Waals surface area contributed by atoms with E-state index in [0.29, 0.717) is 12.1 Å². The maximum atomic E-state index is 4.16. The van der Waals surface area contributed by atoms with Crippen LogP contribution < -0.4 is 0 Å². The van der Waals surface area contributed by atoms with Crippen LogP contribution in [-0.4, -0.2) is 23.5 Å². The Morgan fingerprint density at radius 3 is 2.00 bits per heavy atom. The van der Waals surface area contributed by atoms with Gasteiger partial charge in [0.05, 0.1) is 0 Å². The lowest BCUT2D eigenvalue weighted by molar-refractivity contribution is 0.177. The summed E-state index contributed by atoms with van der Waals surface area (Å²) in [6.45, 7) is 16.6. The number of hydrogen-bond acceptors (Lipinski definition) is 1. The van der Waals surface area contributed by atoms with Crippen LogP contribution in [0.1, 0.15) is 60.3 Å². The highest BCUT2D eigenvalue weighted by molar-refractivity contribution is 4.94. The molecule has 0 atom stereocenters. The number of nitrogens with zero attached hydrogens (tertiary/aromatic N) is 1. The van der Waals surface area contributed by atoms with Gasteiger partial charge in [-0.15, -0.1) is 0 Å². The largest absolute Gasteiger partial charge is 0.298 e. The van der Waals surface area contributed by atoms with E-state index < -0.39 is 0 Å². The average Bonchev–Trinajstić information content (AvgIpc) is 2.13. The van der Waals surface area contributed by atoms with Crippen molar-refractivity contribution in [1.82, 2.24) is 4.90 Å². The minimum Gasteiger partial charge on any atom is -0.298 e. The summed E-state index contributed by atoms with van der Waals surface area (Å²) in [4.78, 5) is 2.54. The van der Waals surface area contributed by atoms with Gasteiger partial charge in [0.2, 0.25) is 0 Å². The first-order chi connectivity index (χ1) is 6.99. The van der Waals surface area contributed by atoms with Crippen molar-refractivity contribution in [1.29, 1.82) is 0 Å². The molecule has 0 saturated heterocycles. The lowest BCUT2D eigenvalue weighted by Gasteiger charge is -2.30. The summed E-state index contributed by atoms with van der Waals surface area (Å²) in [5.41, 5.74) is 1.42. The summed E-state index contributed by atoms with van der Waals surface area (Å²) in [5, 5.41) is 0. The highest BCUT2D eigenvalue weighted by Crippen LogP contribution is 2.13. The predicted octanol–water partition coefficient (Wildman–Crippen LogP) is 4.24. The van der Waals surface area contributed by atoms with Crippen LogP contribution in [0.15, 0.2) is 12.2 Å². The molecule has 0 heterocycles. The van der Waals surface area contributed by atoms with E-state index in [9.17, 15) is 0 Å². The van der Waals surface area contributed by atoms with Crippen LogP contribution in [0, 0.1) is 0 Å². The molecule has 0 aliphatic rings. The molecule has 0 N–H and O–H groups in total. The van der Waals surface area contributed by atoms with Gasteiger partial charge in [-0.1, -0.05) is 25.5 Å². The van der Waals surface area contributed by atoms with E-state index >= 15 is 0 Å². The second-order valence-electron chi connectivity index (χ2n) is 5.03. The van der Waals surface area contributed by atoms with E-state index in [1.807, 2.05) is 0 Å². The molecule has 0 radical (unpaired) electrons. The molecule has 0 spiro atoms. The van der Waals surface area contributed by atoms with Crippen molar-refractivity contribution >= 4 is 0 Å². The smallest absolute Gasteiger partial charge is 0.00414 e. The fourth-order valence-corrected chi connectivity index (χ4v) is 1.95. The van der Waals surface area contributed by atoms with Crippen LogP contribution in [0.4, 0.5) is 0 Å². The first-order valence-electron chi connectivity index (χ1n) is 6.41. The third-order valence-corrected chi connectivity index (χ3v) is 2.93. The molecule has 90 valence electrons. The normalized spacial score (nSPS) is 11.7. The first kappa shape index (κ1) is 14.7. The Morgan fingerprint density at radius 1 is 1.07 bits per heavy atom.